The van der Waals surface area contributed by atoms with E-state index in [0.717, 1.165) is 25.7 Å². The average molecular weight is 355 g/mol. The Bertz CT molecular complexity index is 486. The number of hydrogen-bond donors (Lipinski definition) is 2. The van der Waals surface area contributed by atoms with Gasteiger partial charge in [-0.3, -0.25) is 4.79 Å². The number of carbonyl (C=O) groups excluding carboxylic acids is 1. The summed E-state index contributed by atoms with van der Waals surface area (Å²) >= 11 is 0. The zero-order valence-corrected chi connectivity index (χ0v) is 16.0. The van der Waals surface area contributed by atoms with Crippen LogP contribution in [0.4, 0.5) is 0 Å². The summed E-state index contributed by atoms with van der Waals surface area (Å²) in [6.07, 6.45) is 5.60. The van der Waals surface area contributed by atoms with Gasteiger partial charge in [-0.25, -0.2) is 4.79 Å². The Hall–Kier alpha value is -1.14. The molecule has 0 aromatic heterocycles. The van der Waals surface area contributed by atoms with E-state index in [-0.39, 0.29) is 24.5 Å². The molecule has 2 N–H and O–H groups in total. The van der Waals surface area contributed by atoms with Crippen molar-refractivity contribution in [3.05, 3.63) is 0 Å². The molecular weight excluding hydrogens is 322 g/mol. The highest BCUT2D eigenvalue weighted by Gasteiger charge is 2.66. The third-order valence-corrected chi connectivity index (χ3v) is 6.04. The van der Waals surface area contributed by atoms with E-state index in [9.17, 15) is 14.7 Å². The summed E-state index contributed by atoms with van der Waals surface area (Å²) in [4.78, 5) is 24.8. The molecule has 0 aliphatic heterocycles. The Kier molecular flexibility index (Phi) is 6.49. The number of aliphatic carboxylic acids is 1. The Morgan fingerprint density at radius 2 is 1.84 bits per heavy atom. The van der Waals surface area contributed by atoms with E-state index in [1.807, 2.05) is 27.7 Å². The molecule has 2 saturated carbocycles. The van der Waals surface area contributed by atoms with Gasteiger partial charge in [-0.1, -0.05) is 40.0 Å². The molecule has 3 atom stereocenters. The standard InChI is InChI=1S/C19H33NO5/c1-5-14(25-13-10-8-7-9-11-13)16(21)20-19(17(22)23)12-15(24-6-2)18(19,3)4/h13-15H,5-12H2,1-4H3,(H,20,21)(H,22,23). The number of carboxylic acid groups (broad SMARTS) is 1. The van der Waals surface area contributed by atoms with E-state index < -0.39 is 23.0 Å². The SMILES string of the molecule is CCOC1CC(NC(=O)C(CC)OC2CCCCC2)(C(=O)O)C1(C)C. The summed E-state index contributed by atoms with van der Waals surface area (Å²) in [6.45, 7) is 8.00. The normalized spacial score (nSPS) is 30.3. The molecule has 2 fully saturated rings. The lowest BCUT2D eigenvalue weighted by atomic mass is 9.54. The van der Waals surface area contributed by atoms with Crippen LogP contribution in [0.15, 0.2) is 0 Å². The third-order valence-electron chi connectivity index (χ3n) is 6.04. The fourth-order valence-corrected chi connectivity index (χ4v) is 4.10. The quantitative estimate of drug-likeness (QED) is 0.699. The second-order valence-corrected chi connectivity index (χ2v) is 7.86. The zero-order valence-electron chi connectivity index (χ0n) is 16.0. The highest BCUT2D eigenvalue weighted by atomic mass is 16.5. The molecule has 6 nitrogen and oxygen atoms in total. The van der Waals surface area contributed by atoms with Gasteiger partial charge in [-0.2, -0.15) is 0 Å². The van der Waals surface area contributed by atoms with Crippen LogP contribution in [0.2, 0.25) is 0 Å². The lowest BCUT2D eigenvalue weighted by molar-refractivity contribution is -0.196. The van der Waals surface area contributed by atoms with Crippen LogP contribution in [0.5, 0.6) is 0 Å². The van der Waals surface area contributed by atoms with Crippen molar-refractivity contribution in [1.82, 2.24) is 5.32 Å². The zero-order chi connectivity index (χ0) is 18.7. The number of amides is 1. The van der Waals surface area contributed by atoms with Crippen molar-refractivity contribution >= 4 is 11.9 Å². The van der Waals surface area contributed by atoms with Gasteiger partial charge in [0.15, 0.2) is 0 Å². The molecule has 0 saturated heterocycles. The molecular formula is C19H33NO5. The molecule has 0 heterocycles. The first kappa shape index (κ1) is 20.2. The van der Waals surface area contributed by atoms with E-state index in [2.05, 4.69) is 5.32 Å². The summed E-state index contributed by atoms with van der Waals surface area (Å²) in [5.41, 5.74) is -1.97. The lowest BCUT2D eigenvalue weighted by Crippen LogP contribution is -2.76. The van der Waals surface area contributed by atoms with Crippen molar-refractivity contribution in [3.63, 3.8) is 0 Å². The van der Waals surface area contributed by atoms with Crippen LogP contribution < -0.4 is 5.32 Å². The maximum Gasteiger partial charge on any atom is 0.330 e. The Labute approximate surface area is 150 Å². The minimum absolute atomic E-state index is 0.107. The number of ether oxygens (including phenoxy) is 2. The topological polar surface area (TPSA) is 84.9 Å². The molecule has 0 radical (unpaired) electrons. The van der Waals surface area contributed by atoms with E-state index >= 15 is 0 Å². The number of nitrogens with one attached hydrogen (secondary N) is 1. The fourth-order valence-electron chi connectivity index (χ4n) is 4.10. The van der Waals surface area contributed by atoms with Crippen LogP contribution in [-0.2, 0) is 19.1 Å². The highest BCUT2D eigenvalue weighted by Crippen LogP contribution is 2.51. The molecule has 0 aromatic carbocycles. The van der Waals surface area contributed by atoms with Crippen molar-refractivity contribution in [2.24, 2.45) is 5.41 Å². The minimum Gasteiger partial charge on any atom is -0.479 e. The minimum atomic E-state index is -1.30. The third kappa shape index (κ3) is 3.85. The van der Waals surface area contributed by atoms with Gasteiger partial charge in [0.05, 0.1) is 12.2 Å². The predicted octanol–water partition coefficient (Wildman–Crippen LogP) is 2.89. The second kappa shape index (κ2) is 8.04. The molecule has 6 heteroatoms. The van der Waals surface area contributed by atoms with Gasteiger partial charge < -0.3 is 19.9 Å². The first-order valence-corrected chi connectivity index (χ1v) is 9.61. The van der Waals surface area contributed by atoms with Crippen LogP contribution in [0, 0.1) is 5.41 Å². The van der Waals surface area contributed by atoms with Crippen molar-refractivity contribution in [2.45, 2.75) is 96.5 Å². The summed E-state index contributed by atoms with van der Waals surface area (Å²) in [7, 11) is 0. The van der Waals surface area contributed by atoms with Gasteiger partial charge in [0.2, 0.25) is 5.91 Å². The smallest absolute Gasteiger partial charge is 0.330 e. The van der Waals surface area contributed by atoms with Crippen molar-refractivity contribution in [2.75, 3.05) is 6.61 Å². The predicted molar refractivity (Wildman–Crippen MR) is 94.4 cm³/mol. The van der Waals surface area contributed by atoms with E-state index in [1.54, 1.807) is 0 Å². The van der Waals surface area contributed by atoms with Crippen LogP contribution in [0.1, 0.15) is 72.6 Å². The molecule has 0 bridgehead atoms. The molecule has 1 amide bonds. The first-order valence-electron chi connectivity index (χ1n) is 9.61. The number of rotatable bonds is 8. The Morgan fingerprint density at radius 3 is 2.32 bits per heavy atom. The lowest BCUT2D eigenvalue weighted by Gasteiger charge is -2.58. The van der Waals surface area contributed by atoms with Crippen molar-refractivity contribution in [1.29, 1.82) is 0 Å². The molecule has 25 heavy (non-hydrogen) atoms. The fraction of sp³-hybridized carbons (Fsp3) is 0.895. The van der Waals surface area contributed by atoms with Crippen molar-refractivity contribution < 1.29 is 24.2 Å². The molecule has 3 unspecified atom stereocenters. The van der Waals surface area contributed by atoms with Gasteiger partial charge in [-0.15, -0.1) is 0 Å². The summed E-state index contributed by atoms with van der Waals surface area (Å²) in [5, 5.41) is 12.6. The van der Waals surface area contributed by atoms with Gasteiger partial charge >= 0.3 is 5.97 Å². The average Bonchev–Trinajstić information content (AvgIpc) is 2.58. The summed E-state index contributed by atoms with van der Waals surface area (Å²) in [6, 6.07) is 0. The van der Waals surface area contributed by atoms with Gasteiger partial charge in [0, 0.05) is 18.4 Å². The highest BCUT2D eigenvalue weighted by molar-refractivity contribution is 5.91. The van der Waals surface area contributed by atoms with Gasteiger partial charge in [0.25, 0.3) is 0 Å². The molecule has 2 aliphatic rings. The molecule has 2 aliphatic carbocycles. The first-order chi connectivity index (χ1) is 11.8. The molecule has 0 aromatic rings. The molecule has 2 rings (SSSR count). The van der Waals surface area contributed by atoms with E-state index in [0.29, 0.717) is 13.0 Å². The number of hydrogen-bond acceptors (Lipinski definition) is 4. The molecule has 0 spiro atoms. The van der Waals surface area contributed by atoms with Gasteiger partial charge in [-0.05, 0) is 26.2 Å². The maximum absolute atomic E-state index is 12.8. The monoisotopic (exact) mass is 355 g/mol. The summed E-state index contributed by atoms with van der Waals surface area (Å²) in [5.74, 6) is -1.33. The maximum atomic E-state index is 12.8. The van der Waals surface area contributed by atoms with Gasteiger partial charge in [0.1, 0.15) is 11.6 Å². The Morgan fingerprint density at radius 1 is 1.20 bits per heavy atom. The van der Waals surface area contributed by atoms with Crippen LogP contribution in [0.25, 0.3) is 0 Å². The Balaban J connectivity index is 2.05. The van der Waals surface area contributed by atoms with E-state index in [1.165, 1.54) is 6.42 Å². The largest absolute Gasteiger partial charge is 0.479 e. The summed E-state index contributed by atoms with van der Waals surface area (Å²) < 4.78 is 11.6. The van der Waals surface area contributed by atoms with Crippen molar-refractivity contribution in [3.8, 4) is 0 Å². The second-order valence-electron chi connectivity index (χ2n) is 7.86. The van der Waals surface area contributed by atoms with E-state index in [4.69, 9.17) is 9.47 Å². The van der Waals surface area contributed by atoms with Crippen LogP contribution in [0.3, 0.4) is 0 Å². The van der Waals surface area contributed by atoms with Crippen LogP contribution in [-0.4, -0.2) is 47.4 Å². The number of carboxylic acids is 1. The number of carbonyl (C=O) groups is 2. The van der Waals surface area contributed by atoms with Crippen LogP contribution >= 0.6 is 0 Å². The molecule has 144 valence electrons.